The summed E-state index contributed by atoms with van der Waals surface area (Å²) in [7, 11) is -3.06. The first-order chi connectivity index (χ1) is 5.17. The molecule has 1 atom stereocenters. The summed E-state index contributed by atoms with van der Waals surface area (Å²) in [5.74, 6) is 0. The van der Waals surface area contributed by atoms with Gasteiger partial charge in [0.05, 0.1) is 0 Å². The Hall–Kier alpha value is -0.0000000000000000555. The molecule has 5 heteroatoms. The number of hydrogen-bond acceptors (Lipinski definition) is 3. The maximum Gasteiger partial charge on any atom is 0.224 e. The van der Waals surface area contributed by atoms with E-state index in [1.54, 1.807) is 6.92 Å². The van der Waals surface area contributed by atoms with E-state index in [4.69, 9.17) is 0 Å². The number of hydrogen-bond donors (Lipinski definition) is 1. The molecule has 1 heterocycles. The topological polar surface area (TPSA) is 46.2 Å². The van der Waals surface area contributed by atoms with Gasteiger partial charge in [-0.15, -0.1) is 11.8 Å². The molecule has 1 N–H and O–H groups in total. The maximum absolute atomic E-state index is 11.3. The predicted molar refractivity (Wildman–Crippen MR) is 47.7 cm³/mol. The molecule has 0 saturated carbocycles. The van der Waals surface area contributed by atoms with E-state index in [9.17, 15) is 8.42 Å². The van der Waals surface area contributed by atoms with Crippen LogP contribution in [0.4, 0.5) is 0 Å². The Morgan fingerprint density at radius 1 is 1.73 bits per heavy atom. The molecule has 3 nitrogen and oxygen atoms in total. The van der Waals surface area contributed by atoms with Gasteiger partial charge in [-0.05, 0) is 11.8 Å². The molecule has 0 aromatic heterocycles. The van der Waals surface area contributed by atoms with E-state index < -0.39 is 10.0 Å². The van der Waals surface area contributed by atoms with E-state index in [2.05, 4.69) is 4.72 Å². The van der Waals surface area contributed by atoms with E-state index in [-0.39, 0.29) is 4.58 Å². The summed E-state index contributed by atoms with van der Waals surface area (Å²) in [6, 6.07) is 0. The fourth-order valence-electron chi connectivity index (χ4n) is 0.859. The van der Waals surface area contributed by atoms with Crippen LogP contribution in [0.3, 0.4) is 0 Å². The van der Waals surface area contributed by atoms with Crippen molar-refractivity contribution in [3.8, 4) is 0 Å². The normalized spacial score (nSPS) is 24.3. The van der Waals surface area contributed by atoms with Crippen molar-refractivity contribution in [2.24, 2.45) is 0 Å². The van der Waals surface area contributed by atoms with Gasteiger partial charge in [0.25, 0.3) is 0 Å². The number of allylic oxidation sites excluding steroid dienone is 1. The summed E-state index contributed by atoms with van der Waals surface area (Å²) in [6.45, 7) is 2.25. The Labute approximate surface area is 71.3 Å². The average Bonchev–Trinajstić information content (AvgIpc) is 2.37. The lowest BCUT2D eigenvalue weighted by Crippen LogP contribution is -2.30. The second kappa shape index (κ2) is 3.60. The largest absolute Gasteiger partial charge is 0.224 e. The molecule has 0 amide bonds. The van der Waals surface area contributed by atoms with Crippen LogP contribution in [0.5, 0.6) is 0 Å². The Kier molecular flexibility index (Phi) is 2.98. The Balaban J connectivity index is 2.58. The highest BCUT2D eigenvalue weighted by atomic mass is 32.3. The third-order valence-corrected chi connectivity index (χ3v) is 4.86. The minimum atomic E-state index is -3.06. The molecule has 1 aliphatic rings. The zero-order valence-corrected chi connectivity index (χ0v) is 7.91. The minimum absolute atomic E-state index is 0.303. The Bertz CT molecular complexity index is 237. The number of nitrogens with one attached hydrogen (secondary N) is 1. The quantitative estimate of drug-likeness (QED) is 0.724. The minimum Gasteiger partial charge on any atom is -0.215 e. The predicted octanol–water partition coefficient (Wildman–Crippen LogP) is 0.902. The lowest BCUT2D eigenvalue weighted by molar-refractivity contribution is 0.581. The summed E-state index contributed by atoms with van der Waals surface area (Å²) in [5, 5.41) is 1.83. The summed E-state index contributed by atoms with van der Waals surface area (Å²) in [6.07, 6.45) is 2.50. The van der Waals surface area contributed by atoms with Gasteiger partial charge in [-0.3, -0.25) is 0 Å². The lowest BCUT2D eigenvalue weighted by Gasteiger charge is -2.09. The number of thioether (sulfide) groups is 1. The van der Waals surface area contributed by atoms with Crippen molar-refractivity contribution in [1.29, 1.82) is 0 Å². The van der Waals surface area contributed by atoms with Crippen LogP contribution in [0.15, 0.2) is 11.5 Å². The molecule has 0 saturated heterocycles. The van der Waals surface area contributed by atoms with Gasteiger partial charge in [0.2, 0.25) is 10.0 Å². The van der Waals surface area contributed by atoms with Crippen molar-refractivity contribution >= 4 is 21.8 Å². The van der Waals surface area contributed by atoms with Gasteiger partial charge in [-0.2, -0.15) is 0 Å². The van der Waals surface area contributed by atoms with E-state index in [0.717, 1.165) is 0 Å². The highest BCUT2D eigenvalue weighted by Gasteiger charge is 2.25. The first kappa shape index (κ1) is 9.09. The average molecular weight is 193 g/mol. The highest BCUT2D eigenvalue weighted by molar-refractivity contribution is 8.14. The fourth-order valence-corrected chi connectivity index (χ4v) is 3.41. The molecule has 0 radical (unpaired) electrons. The van der Waals surface area contributed by atoms with Crippen LogP contribution in [-0.2, 0) is 10.0 Å². The van der Waals surface area contributed by atoms with Crippen molar-refractivity contribution in [1.82, 2.24) is 4.72 Å². The zero-order chi connectivity index (χ0) is 8.32. The van der Waals surface area contributed by atoms with Crippen LogP contribution < -0.4 is 4.72 Å². The third kappa shape index (κ3) is 2.21. The summed E-state index contributed by atoms with van der Waals surface area (Å²) < 4.78 is 24.7. The summed E-state index contributed by atoms with van der Waals surface area (Å²) in [4.78, 5) is 0. The van der Waals surface area contributed by atoms with Gasteiger partial charge in [0, 0.05) is 6.54 Å². The molecule has 0 aromatic rings. The van der Waals surface area contributed by atoms with Crippen LogP contribution in [0.1, 0.15) is 13.3 Å². The first-order valence-electron chi connectivity index (χ1n) is 3.46. The van der Waals surface area contributed by atoms with Crippen LogP contribution in [0.2, 0.25) is 0 Å². The van der Waals surface area contributed by atoms with Crippen LogP contribution in [0.25, 0.3) is 0 Å². The molecule has 1 aliphatic heterocycles. The van der Waals surface area contributed by atoms with Crippen molar-refractivity contribution in [2.75, 3.05) is 6.54 Å². The Morgan fingerprint density at radius 3 is 2.91 bits per heavy atom. The van der Waals surface area contributed by atoms with E-state index in [0.29, 0.717) is 13.0 Å². The SMILES string of the molecule is CCNS(=O)(=O)C1CC=CS1. The molecule has 64 valence electrons. The van der Waals surface area contributed by atoms with E-state index >= 15 is 0 Å². The molecule has 11 heavy (non-hydrogen) atoms. The van der Waals surface area contributed by atoms with Gasteiger partial charge < -0.3 is 0 Å². The van der Waals surface area contributed by atoms with Crippen LogP contribution >= 0.6 is 11.8 Å². The fraction of sp³-hybridized carbons (Fsp3) is 0.667. The van der Waals surface area contributed by atoms with Crippen molar-refractivity contribution in [3.05, 3.63) is 11.5 Å². The maximum atomic E-state index is 11.3. The monoisotopic (exact) mass is 193 g/mol. The lowest BCUT2D eigenvalue weighted by atomic mass is 10.5. The summed E-state index contributed by atoms with van der Waals surface area (Å²) >= 11 is 1.36. The third-order valence-electron chi connectivity index (χ3n) is 1.35. The molecular formula is C6H11NO2S2. The first-order valence-corrected chi connectivity index (χ1v) is 5.94. The number of rotatable bonds is 3. The van der Waals surface area contributed by atoms with E-state index in [1.165, 1.54) is 11.8 Å². The molecule has 1 rings (SSSR count). The summed E-state index contributed by atoms with van der Waals surface area (Å²) in [5.41, 5.74) is 0. The number of sulfonamides is 1. The molecule has 0 fully saturated rings. The Morgan fingerprint density at radius 2 is 2.45 bits per heavy atom. The molecule has 0 aliphatic carbocycles. The smallest absolute Gasteiger partial charge is 0.215 e. The highest BCUT2D eigenvalue weighted by Crippen LogP contribution is 2.27. The van der Waals surface area contributed by atoms with Crippen molar-refractivity contribution in [3.63, 3.8) is 0 Å². The van der Waals surface area contributed by atoms with E-state index in [1.807, 2.05) is 11.5 Å². The molecule has 1 unspecified atom stereocenters. The van der Waals surface area contributed by atoms with Gasteiger partial charge in [-0.25, -0.2) is 13.1 Å². The zero-order valence-electron chi connectivity index (χ0n) is 6.28. The molecule has 0 spiro atoms. The van der Waals surface area contributed by atoms with Crippen molar-refractivity contribution in [2.45, 2.75) is 17.9 Å². The van der Waals surface area contributed by atoms with Gasteiger partial charge in [0.15, 0.2) is 0 Å². The van der Waals surface area contributed by atoms with Crippen LogP contribution in [-0.4, -0.2) is 19.5 Å². The van der Waals surface area contributed by atoms with Crippen LogP contribution in [0, 0.1) is 0 Å². The van der Waals surface area contributed by atoms with Gasteiger partial charge in [-0.1, -0.05) is 13.0 Å². The second-order valence-corrected chi connectivity index (χ2v) is 5.58. The molecule has 0 aromatic carbocycles. The standard InChI is InChI=1S/C6H11NO2S2/c1-2-7-11(8,9)6-4-3-5-10-6/h3,5-7H,2,4H2,1H3. The second-order valence-electron chi connectivity index (χ2n) is 2.22. The van der Waals surface area contributed by atoms with Gasteiger partial charge in [0.1, 0.15) is 4.58 Å². The molecule has 0 bridgehead atoms. The van der Waals surface area contributed by atoms with Crippen molar-refractivity contribution < 1.29 is 8.42 Å². The molecular weight excluding hydrogens is 182 g/mol. The van der Waals surface area contributed by atoms with Gasteiger partial charge >= 0.3 is 0 Å².